The summed E-state index contributed by atoms with van der Waals surface area (Å²) < 4.78 is 22.1. The van der Waals surface area contributed by atoms with Crippen molar-refractivity contribution in [2.75, 3.05) is 27.4 Å². The minimum atomic E-state index is -0.0117. The predicted octanol–water partition coefficient (Wildman–Crippen LogP) is 2.90. The molecule has 0 aliphatic rings. The molecule has 6 N–H and O–H groups in total. The lowest BCUT2D eigenvalue weighted by atomic mass is 10.2. The Bertz CT molecular complexity index is 785. The molecule has 2 rings (SSSR count). The first kappa shape index (κ1) is 21.9. The average Bonchev–Trinajstić information content (AvgIpc) is 2.72. The Labute approximate surface area is 170 Å². The van der Waals surface area contributed by atoms with Crippen molar-refractivity contribution in [2.24, 2.45) is 11.5 Å². The van der Waals surface area contributed by atoms with Gasteiger partial charge in [-0.15, -0.1) is 0 Å². The quantitative estimate of drug-likeness (QED) is 0.246. The molecule has 0 radical (unpaired) electrons. The summed E-state index contributed by atoms with van der Waals surface area (Å²) in [6.07, 6.45) is 2.66. The molecule has 0 atom stereocenters. The third-order valence-electron chi connectivity index (χ3n) is 4.25. The maximum absolute atomic E-state index is 7.47. The summed E-state index contributed by atoms with van der Waals surface area (Å²) in [5.74, 6) is 2.35. The molecule has 0 saturated carbocycles. The van der Waals surface area contributed by atoms with Gasteiger partial charge in [0.1, 0.15) is 11.7 Å². The normalized spacial score (nSPS) is 10.3. The number of hydrogen-bond donors (Lipinski definition) is 4. The van der Waals surface area contributed by atoms with Gasteiger partial charge in [0, 0.05) is 11.1 Å². The van der Waals surface area contributed by atoms with Crippen LogP contribution in [0.5, 0.6) is 23.0 Å². The molecule has 0 saturated heterocycles. The molecule has 8 heteroatoms. The summed E-state index contributed by atoms with van der Waals surface area (Å²) in [5, 5.41) is 14.9. The van der Waals surface area contributed by atoms with Crippen molar-refractivity contribution >= 4 is 11.7 Å². The van der Waals surface area contributed by atoms with Gasteiger partial charge in [0.05, 0.1) is 27.4 Å². The van der Waals surface area contributed by atoms with E-state index in [9.17, 15) is 0 Å². The second-order valence-corrected chi connectivity index (χ2v) is 6.32. The van der Waals surface area contributed by atoms with E-state index in [-0.39, 0.29) is 11.7 Å². The number of ether oxygens (including phenoxy) is 4. The van der Waals surface area contributed by atoms with E-state index in [1.165, 1.54) is 0 Å². The van der Waals surface area contributed by atoms with Crippen molar-refractivity contribution < 1.29 is 18.9 Å². The molecule has 156 valence electrons. The zero-order valence-electron chi connectivity index (χ0n) is 16.8. The molecule has 2 aromatic rings. The number of unbranched alkanes of at least 4 members (excludes halogenated alkanes) is 2. The first-order valence-corrected chi connectivity index (χ1v) is 9.26. The van der Waals surface area contributed by atoms with Crippen LogP contribution >= 0.6 is 0 Å². The Morgan fingerprint density at radius 2 is 1.10 bits per heavy atom. The fraction of sp³-hybridized carbons (Fsp3) is 0.333. The number of rotatable bonds is 12. The topological polar surface area (TPSA) is 137 Å². The van der Waals surface area contributed by atoms with Crippen LogP contribution in [0.1, 0.15) is 30.4 Å². The van der Waals surface area contributed by atoms with Gasteiger partial charge in [0.25, 0.3) is 0 Å². The summed E-state index contributed by atoms with van der Waals surface area (Å²) >= 11 is 0. The van der Waals surface area contributed by atoms with E-state index in [1.807, 2.05) is 0 Å². The van der Waals surface area contributed by atoms with E-state index in [1.54, 1.807) is 50.6 Å². The monoisotopic (exact) mass is 400 g/mol. The molecule has 0 fully saturated rings. The standard InChI is InChI=1S/C21H28N4O4/c1-26-18-12-14(20(22)23)6-8-16(18)28-10-4-3-5-11-29-17-9-7-15(21(24)25)13-19(17)27-2/h6-9,12-13H,3-5,10-11H2,1-2H3,(H3,22,23)(H3,24,25). The number of nitrogen functional groups attached to an aromatic ring is 2. The molecule has 0 aliphatic carbocycles. The highest BCUT2D eigenvalue weighted by Gasteiger charge is 2.08. The van der Waals surface area contributed by atoms with E-state index in [0.717, 1.165) is 19.3 Å². The highest BCUT2D eigenvalue weighted by Crippen LogP contribution is 2.29. The average molecular weight is 400 g/mol. The van der Waals surface area contributed by atoms with Crippen molar-refractivity contribution in [3.63, 3.8) is 0 Å². The maximum atomic E-state index is 7.47. The number of hydrogen-bond acceptors (Lipinski definition) is 6. The molecule has 0 bridgehead atoms. The smallest absolute Gasteiger partial charge is 0.161 e. The fourth-order valence-electron chi connectivity index (χ4n) is 2.65. The molecule has 29 heavy (non-hydrogen) atoms. The second kappa shape index (κ2) is 10.8. The van der Waals surface area contributed by atoms with Crippen LogP contribution in [0.15, 0.2) is 36.4 Å². The van der Waals surface area contributed by atoms with Crippen molar-refractivity contribution in [2.45, 2.75) is 19.3 Å². The van der Waals surface area contributed by atoms with Crippen LogP contribution in [0, 0.1) is 10.8 Å². The summed E-state index contributed by atoms with van der Waals surface area (Å²) in [7, 11) is 3.11. The number of amidine groups is 2. The van der Waals surface area contributed by atoms with E-state index < -0.39 is 0 Å². The van der Waals surface area contributed by atoms with E-state index in [4.69, 9.17) is 41.2 Å². The van der Waals surface area contributed by atoms with Gasteiger partial charge in [-0.2, -0.15) is 0 Å². The molecule has 0 heterocycles. The SMILES string of the molecule is COc1cc(C(=N)N)ccc1OCCCCCOc1ccc(C(=N)N)cc1OC. The largest absolute Gasteiger partial charge is 0.493 e. The number of nitrogens with one attached hydrogen (secondary N) is 2. The van der Waals surface area contributed by atoms with Gasteiger partial charge in [0.15, 0.2) is 23.0 Å². The summed E-state index contributed by atoms with van der Waals surface area (Å²) in [6.45, 7) is 1.10. The van der Waals surface area contributed by atoms with Gasteiger partial charge in [-0.3, -0.25) is 10.8 Å². The van der Waals surface area contributed by atoms with E-state index >= 15 is 0 Å². The molecular formula is C21H28N4O4. The third kappa shape index (κ3) is 6.31. The zero-order chi connectivity index (χ0) is 21.2. The third-order valence-corrected chi connectivity index (χ3v) is 4.25. The zero-order valence-corrected chi connectivity index (χ0v) is 16.8. The molecule has 2 aromatic carbocycles. The minimum Gasteiger partial charge on any atom is -0.493 e. The highest BCUT2D eigenvalue weighted by atomic mass is 16.5. The van der Waals surface area contributed by atoms with Gasteiger partial charge in [-0.05, 0) is 55.7 Å². The lowest BCUT2D eigenvalue weighted by molar-refractivity contribution is 0.264. The van der Waals surface area contributed by atoms with Crippen molar-refractivity contribution in [1.82, 2.24) is 0 Å². The molecular weight excluding hydrogens is 372 g/mol. The van der Waals surface area contributed by atoms with Crippen LogP contribution in [0.4, 0.5) is 0 Å². The Morgan fingerprint density at radius 3 is 1.45 bits per heavy atom. The highest BCUT2D eigenvalue weighted by molar-refractivity contribution is 5.96. The van der Waals surface area contributed by atoms with Gasteiger partial charge in [0.2, 0.25) is 0 Å². The van der Waals surface area contributed by atoms with E-state index in [2.05, 4.69) is 0 Å². The molecule has 0 aromatic heterocycles. The number of methoxy groups -OCH3 is 2. The van der Waals surface area contributed by atoms with Crippen LogP contribution in [0.3, 0.4) is 0 Å². The number of nitrogens with two attached hydrogens (primary N) is 2. The van der Waals surface area contributed by atoms with Gasteiger partial charge < -0.3 is 30.4 Å². The van der Waals surface area contributed by atoms with Crippen LogP contribution < -0.4 is 30.4 Å². The molecule has 0 aliphatic heterocycles. The predicted molar refractivity (Wildman–Crippen MR) is 113 cm³/mol. The van der Waals surface area contributed by atoms with Crippen LogP contribution in [-0.2, 0) is 0 Å². The van der Waals surface area contributed by atoms with Crippen molar-refractivity contribution in [3.05, 3.63) is 47.5 Å². The summed E-state index contributed by atoms with van der Waals surface area (Å²) in [6, 6.07) is 10.4. The Kier molecular flexibility index (Phi) is 8.14. The first-order chi connectivity index (χ1) is 14.0. The van der Waals surface area contributed by atoms with Gasteiger partial charge in [-0.25, -0.2) is 0 Å². The van der Waals surface area contributed by atoms with Crippen molar-refractivity contribution in [1.29, 1.82) is 10.8 Å². The Hall–Kier alpha value is -3.42. The van der Waals surface area contributed by atoms with Crippen LogP contribution in [0.25, 0.3) is 0 Å². The van der Waals surface area contributed by atoms with Crippen LogP contribution in [-0.4, -0.2) is 39.1 Å². The fourth-order valence-corrected chi connectivity index (χ4v) is 2.65. The molecule has 8 nitrogen and oxygen atoms in total. The van der Waals surface area contributed by atoms with E-state index in [0.29, 0.717) is 47.3 Å². The van der Waals surface area contributed by atoms with Gasteiger partial charge in [-0.1, -0.05) is 0 Å². The second-order valence-electron chi connectivity index (χ2n) is 6.32. The first-order valence-electron chi connectivity index (χ1n) is 9.26. The lowest BCUT2D eigenvalue weighted by Crippen LogP contribution is -2.11. The molecule has 0 unspecified atom stereocenters. The molecule has 0 spiro atoms. The Morgan fingerprint density at radius 1 is 0.690 bits per heavy atom. The minimum absolute atomic E-state index is 0.0117. The number of benzene rings is 2. The lowest BCUT2D eigenvalue weighted by Gasteiger charge is -2.13. The molecule has 0 amide bonds. The Balaban J connectivity index is 1.73. The maximum Gasteiger partial charge on any atom is 0.161 e. The van der Waals surface area contributed by atoms with Crippen molar-refractivity contribution in [3.8, 4) is 23.0 Å². The van der Waals surface area contributed by atoms with Crippen LogP contribution in [0.2, 0.25) is 0 Å². The summed E-state index contributed by atoms with van der Waals surface area (Å²) in [5.41, 5.74) is 12.2. The summed E-state index contributed by atoms with van der Waals surface area (Å²) in [4.78, 5) is 0. The van der Waals surface area contributed by atoms with Gasteiger partial charge >= 0.3 is 0 Å².